The summed E-state index contributed by atoms with van der Waals surface area (Å²) in [6, 6.07) is 13.8. The molecule has 0 fully saturated rings. The first kappa shape index (κ1) is 16.1. The van der Waals surface area contributed by atoms with Crippen LogP contribution in [0.15, 0.2) is 54.1 Å². The monoisotopic (exact) mass is 318 g/mol. The van der Waals surface area contributed by atoms with Gasteiger partial charge in [-0.1, -0.05) is 61.9 Å². The fraction of sp³-hybridized carbons (Fsp3) is 0.190. The molecule has 1 aliphatic carbocycles. The van der Waals surface area contributed by atoms with E-state index in [1.165, 1.54) is 0 Å². The van der Waals surface area contributed by atoms with E-state index in [2.05, 4.69) is 0 Å². The number of hydrogen-bond acceptors (Lipinski definition) is 3. The summed E-state index contributed by atoms with van der Waals surface area (Å²) in [6.07, 6.45) is 3.02. The van der Waals surface area contributed by atoms with Crippen molar-refractivity contribution >= 4 is 23.4 Å². The molecule has 2 aromatic rings. The Morgan fingerprint density at radius 3 is 2.04 bits per heavy atom. The number of aldehydes is 1. The van der Waals surface area contributed by atoms with Crippen molar-refractivity contribution in [1.82, 2.24) is 0 Å². The molecular weight excluding hydrogens is 300 g/mol. The molecule has 0 saturated heterocycles. The predicted octanol–water partition coefficient (Wildman–Crippen LogP) is 4.52. The maximum atomic E-state index is 13.1. The van der Waals surface area contributed by atoms with Crippen LogP contribution in [0.5, 0.6) is 0 Å². The van der Waals surface area contributed by atoms with E-state index in [-0.39, 0.29) is 11.6 Å². The third-order valence-corrected chi connectivity index (χ3v) is 4.36. The lowest BCUT2D eigenvalue weighted by Crippen LogP contribution is -2.22. The van der Waals surface area contributed by atoms with Gasteiger partial charge in [0.2, 0.25) is 0 Å². The Kier molecular flexibility index (Phi) is 4.52. The fourth-order valence-electron chi connectivity index (χ4n) is 3.13. The van der Waals surface area contributed by atoms with Crippen LogP contribution < -0.4 is 0 Å². The number of ketones is 2. The second kappa shape index (κ2) is 6.75. The Labute approximate surface area is 141 Å². The van der Waals surface area contributed by atoms with E-state index < -0.39 is 0 Å². The van der Waals surface area contributed by atoms with Crippen molar-refractivity contribution in [3.05, 3.63) is 76.4 Å². The van der Waals surface area contributed by atoms with Gasteiger partial charge in [-0.25, -0.2) is 0 Å². The van der Waals surface area contributed by atoms with Gasteiger partial charge in [-0.3, -0.25) is 14.4 Å². The first-order chi connectivity index (χ1) is 11.7. The highest BCUT2D eigenvalue weighted by molar-refractivity contribution is 6.41. The lowest BCUT2D eigenvalue weighted by Gasteiger charge is -2.22. The van der Waals surface area contributed by atoms with Gasteiger partial charge in [0.1, 0.15) is 0 Å². The van der Waals surface area contributed by atoms with Gasteiger partial charge in [-0.2, -0.15) is 0 Å². The number of benzene rings is 2. The zero-order chi connectivity index (χ0) is 17.1. The van der Waals surface area contributed by atoms with Crippen molar-refractivity contribution < 1.29 is 14.4 Å². The summed E-state index contributed by atoms with van der Waals surface area (Å²) >= 11 is 0. The van der Waals surface area contributed by atoms with E-state index in [0.29, 0.717) is 39.8 Å². The minimum absolute atomic E-state index is 0.102. The number of fused-ring (bicyclic) bond motifs is 1. The standard InChI is InChI=1S/C21H18O3/c1-2-3-9-18-19(15-10-5-4-8-14(15)13-22)21(24)17-12-7-6-11-16(17)20(18)23/h4-8,10-13H,2-3,9H2,1H3. The van der Waals surface area contributed by atoms with Gasteiger partial charge in [0.25, 0.3) is 0 Å². The molecule has 3 nitrogen and oxygen atoms in total. The average Bonchev–Trinajstić information content (AvgIpc) is 2.63. The van der Waals surface area contributed by atoms with Gasteiger partial charge in [0.15, 0.2) is 17.9 Å². The van der Waals surface area contributed by atoms with E-state index in [4.69, 9.17) is 0 Å². The smallest absolute Gasteiger partial charge is 0.194 e. The molecule has 1 aliphatic rings. The van der Waals surface area contributed by atoms with E-state index >= 15 is 0 Å². The number of carbonyl (C=O) groups excluding carboxylic acids is 3. The van der Waals surface area contributed by atoms with Crippen molar-refractivity contribution in [3.8, 4) is 0 Å². The van der Waals surface area contributed by atoms with Crippen LogP contribution >= 0.6 is 0 Å². The van der Waals surface area contributed by atoms with E-state index in [1.807, 2.05) is 6.92 Å². The molecule has 0 N–H and O–H groups in total. The number of hydrogen-bond donors (Lipinski definition) is 0. The first-order valence-electron chi connectivity index (χ1n) is 8.15. The summed E-state index contributed by atoms with van der Waals surface area (Å²) in [5.41, 5.74) is 2.76. The molecule has 24 heavy (non-hydrogen) atoms. The van der Waals surface area contributed by atoms with Crippen molar-refractivity contribution in [2.75, 3.05) is 0 Å². The van der Waals surface area contributed by atoms with Crippen LogP contribution in [0.4, 0.5) is 0 Å². The number of allylic oxidation sites excluding steroid dienone is 2. The van der Waals surface area contributed by atoms with Crippen molar-refractivity contribution in [1.29, 1.82) is 0 Å². The molecule has 0 aliphatic heterocycles. The summed E-state index contributed by atoms with van der Waals surface area (Å²) < 4.78 is 0. The number of carbonyl (C=O) groups is 3. The van der Waals surface area contributed by atoms with Crippen molar-refractivity contribution in [2.24, 2.45) is 0 Å². The Morgan fingerprint density at radius 1 is 0.833 bits per heavy atom. The van der Waals surface area contributed by atoms with E-state index in [0.717, 1.165) is 19.1 Å². The fourth-order valence-corrected chi connectivity index (χ4v) is 3.13. The van der Waals surface area contributed by atoms with Crippen LogP contribution in [0.1, 0.15) is 62.8 Å². The molecule has 0 radical (unpaired) electrons. The largest absolute Gasteiger partial charge is 0.298 e. The maximum absolute atomic E-state index is 13.1. The zero-order valence-electron chi connectivity index (χ0n) is 13.5. The molecule has 3 rings (SSSR count). The lowest BCUT2D eigenvalue weighted by atomic mass is 9.78. The molecule has 3 heteroatoms. The maximum Gasteiger partial charge on any atom is 0.194 e. The summed E-state index contributed by atoms with van der Waals surface area (Å²) in [5, 5.41) is 0. The molecule has 120 valence electrons. The number of Topliss-reactive ketones (excluding diaryl/α,β-unsaturated/α-hetero) is 2. The molecule has 0 bridgehead atoms. The minimum atomic E-state index is -0.175. The van der Waals surface area contributed by atoms with E-state index in [9.17, 15) is 14.4 Å². The average molecular weight is 318 g/mol. The number of unbranched alkanes of at least 4 members (excludes halogenated alkanes) is 1. The van der Waals surface area contributed by atoms with Crippen LogP contribution in [-0.4, -0.2) is 17.9 Å². The summed E-state index contributed by atoms with van der Waals surface area (Å²) in [6.45, 7) is 2.04. The van der Waals surface area contributed by atoms with Crippen LogP contribution in [0.3, 0.4) is 0 Å². The molecule has 0 saturated carbocycles. The van der Waals surface area contributed by atoms with E-state index in [1.54, 1.807) is 48.5 Å². The molecule has 0 atom stereocenters. The molecular formula is C21H18O3. The van der Waals surface area contributed by atoms with Crippen molar-refractivity contribution in [3.63, 3.8) is 0 Å². The second-order valence-corrected chi connectivity index (χ2v) is 5.87. The zero-order valence-corrected chi connectivity index (χ0v) is 13.5. The predicted molar refractivity (Wildman–Crippen MR) is 93.4 cm³/mol. The Morgan fingerprint density at radius 2 is 1.42 bits per heavy atom. The molecule has 0 amide bonds. The highest BCUT2D eigenvalue weighted by Gasteiger charge is 2.32. The lowest BCUT2D eigenvalue weighted by molar-refractivity contribution is 0.0988. The minimum Gasteiger partial charge on any atom is -0.298 e. The van der Waals surface area contributed by atoms with Crippen LogP contribution in [0.25, 0.3) is 5.57 Å². The quantitative estimate of drug-likeness (QED) is 0.761. The Hall–Kier alpha value is -2.81. The highest BCUT2D eigenvalue weighted by Crippen LogP contribution is 2.35. The van der Waals surface area contributed by atoms with Crippen molar-refractivity contribution in [2.45, 2.75) is 26.2 Å². The molecule has 2 aromatic carbocycles. The SMILES string of the molecule is CCCCC1=C(c2ccccc2C=O)C(=O)c2ccccc2C1=O. The Bertz CT molecular complexity index is 859. The normalized spacial score (nSPS) is 13.9. The molecule has 0 heterocycles. The summed E-state index contributed by atoms with van der Waals surface area (Å²) in [5.74, 6) is -0.278. The number of rotatable bonds is 5. The van der Waals surface area contributed by atoms with Crippen LogP contribution in [-0.2, 0) is 0 Å². The molecule has 0 unspecified atom stereocenters. The van der Waals surface area contributed by atoms with Crippen LogP contribution in [0, 0.1) is 0 Å². The van der Waals surface area contributed by atoms with Gasteiger partial charge in [-0.15, -0.1) is 0 Å². The molecule has 0 spiro atoms. The second-order valence-electron chi connectivity index (χ2n) is 5.87. The Balaban J connectivity index is 2.26. The summed E-state index contributed by atoms with van der Waals surface area (Å²) in [7, 11) is 0. The third kappa shape index (κ3) is 2.62. The highest BCUT2D eigenvalue weighted by atomic mass is 16.1. The summed E-state index contributed by atoms with van der Waals surface area (Å²) in [4.78, 5) is 37.4. The van der Waals surface area contributed by atoms with Crippen LogP contribution in [0.2, 0.25) is 0 Å². The third-order valence-electron chi connectivity index (χ3n) is 4.36. The molecule has 0 aromatic heterocycles. The van der Waals surface area contributed by atoms with Gasteiger partial charge in [-0.05, 0) is 18.4 Å². The first-order valence-corrected chi connectivity index (χ1v) is 8.15. The topological polar surface area (TPSA) is 51.2 Å². The van der Waals surface area contributed by atoms with Gasteiger partial charge < -0.3 is 0 Å². The van der Waals surface area contributed by atoms with Gasteiger partial charge in [0.05, 0.1) is 0 Å². The van der Waals surface area contributed by atoms with Gasteiger partial charge in [0, 0.05) is 27.8 Å². The van der Waals surface area contributed by atoms with Gasteiger partial charge >= 0.3 is 0 Å².